The van der Waals surface area contributed by atoms with Crippen molar-refractivity contribution in [2.75, 3.05) is 0 Å². The Morgan fingerprint density at radius 1 is 1.08 bits per heavy atom. The lowest BCUT2D eigenvalue weighted by molar-refractivity contribution is 0.0871. The van der Waals surface area contributed by atoms with Gasteiger partial charge in [-0.3, -0.25) is 4.79 Å². The van der Waals surface area contributed by atoms with Gasteiger partial charge in [0.2, 0.25) is 0 Å². The molecule has 2 heteroatoms. The molecule has 0 N–H and O–H groups in total. The lowest BCUT2D eigenvalue weighted by Crippen LogP contribution is -2.26. The first-order chi connectivity index (χ1) is 12.1. The van der Waals surface area contributed by atoms with Crippen LogP contribution in [0, 0.1) is 28.6 Å². The van der Waals surface area contributed by atoms with E-state index in [1.54, 1.807) is 12.1 Å². The van der Waals surface area contributed by atoms with Crippen LogP contribution in [-0.2, 0) is 6.42 Å². The third-order valence-corrected chi connectivity index (χ3v) is 4.25. The average Bonchev–Trinajstić information content (AvgIpc) is 2.66. The van der Waals surface area contributed by atoms with Gasteiger partial charge in [-0.05, 0) is 37.5 Å². The lowest BCUT2D eigenvalue weighted by atomic mass is 9.79. The molecular weight excluding hydrogens is 306 g/mol. The maximum Gasteiger partial charge on any atom is 0.180 e. The number of carbonyl (C=O) groups is 1. The van der Waals surface area contributed by atoms with Crippen LogP contribution in [0.5, 0.6) is 0 Å². The molecule has 0 bridgehead atoms. The Morgan fingerprint density at radius 2 is 1.76 bits per heavy atom. The summed E-state index contributed by atoms with van der Waals surface area (Å²) in [6.07, 6.45) is 2.90. The molecule has 126 valence electrons. The summed E-state index contributed by atoms with van der Waals surface area (Å²) in [6, 6.07) is 19.5. The van der Waals surface area contributed by atoms with Crippen molar-refractivity contribution < 1.29 is 4.79 Å². The second-order valence-corrected chi connectivity index (χ2v) is 6.38. The van der Waals surface area contributed by atoms with Crippen molar-refractivity contribution in [2.45, 2.75) is 39.5 Å². The first-order valence-electron chi connectivity index (χ1n) is 8.68. The van der Waals surface area contributed by atoms with Gasteiger partial charge in [0, 0.05) is 17.5 Å². The fourth-order valence-corrected chi connectivity index (χ4v) is 2.70. The number of rotatable bonds is 6. The van der Waals surface area contributed by atoms with Gasteiger partial charge < -0.3 is 0 Å². The number of Topliss-reactive ketones (excluding diaryl/α,β-unsaturated/α-hetero) is 1. The summed E-state index contributed by atoms with van der Waals surface area (Å²) >= 11 is 0. The van der Waals surface area contributed by atoms with Crippen molar-refractivity contribution in [3.63, 3.8) is 0 Å². The van der Waals surface area contributed by atoms with Crippen LogP contribution < -0.4 is 0 Å². The van der Waals surface area contributed by atoms with Gasteiger partial charge in [0.1, 0.15) is 0 Å². The van der Waals surface area contributed by atoms with Gasteiger partial charge in [-0.1, -0.05) is 67.6 Å². The Balaban J connectivity index is 2.29. The maximum atomic E-state index is 12.9. The van der Waals surface area contributed by atoms with Gasteiger partial charge in [0.25, 0.3) is 0 Å². The molecule has 0 aliphatic carbocycles. The summed E-state index contributed by atoms with van der Waals surface area (Å²) in [5.41, 5.74) is 1.96. The molecule has 0 amide bonds. The highest BCUT2D eigenvalue weighted by Gasteiger charge is 2.31. The van der Waals surface area contributed by atoms with Gasteiger partial charge in [-0.25, -0.2) is 0 Å². The molecular formula is C23H23NO. The molecule has 0 fully saturated rings. The minimum absolute atomic E-state index is 0.0292. The van der Waals surface area contributed by atoms with Gasteiger partial charge in [0.15, 0.2) is 5.78 Å². The number of nitriles is 1. The van der Waals surface area contributed by atoms with E-state index in [4.69, 9.17) is 5.26 Å². The molecule has 1 atom stereocenters. The number of nitrogens with zero attached hydrogens (tertiary/aromatic N) is 1. The van der Waals surface area contributed by atoms with Crippen LogP contribution >= 0.6 is 0 Å². The van der Waals surface area contributed by atoms with Gasteiger partial charge in [-0.15, -0.1) is 0 Å². The molecule has 0 heterocycles. The van der Waals surface area contributed by atoms with Crippen molar-refractivity contribution in [1.29, 1.82) is 5.26 Å². The zero-order valence-corrected chi connectivity index (χ0v) is 14.9. The fourth-order valence-electron chi connectivity index (χ4n) is 2.70. The molecule has 0 aromatic heterocycles. The first kappa shape index (κ1) is 18.5. The Labute approximate surface area is 150 Å². The van der Waals surface area contributed by atoms with E-state index < -0.39 is 5.41 Å². The normalized spacial score (nSPS) is 12.4. The van der Waals surface area contributed by atoms with Crippen molar-refractivity contribution in [1.82, 2.24) is 0 Å². The molecule has 0 saturated carbocycles. The smallest absolute Gasteiger partial charge is 0.180 e. The Kier molecular flexibility index (Phi) is 6.55. The second kappa shape index (κ2) is 8.86. The molecule has 0 saturated heterocycles. The summed E-state index contributed by atoms with van der Waals surface area (Å²) in [4.78, 5) is 12.9. The van der Waals surface area contributed by atoms with Crippen molar-refractivity contribution >= 4 is 5.78 Å². The van der Waals surface area contributed by atoms with Crippen LogP contribution in [0.4, 0.5) is 0 Å². The third kappa shape index (κ3) is 5.07. The van der Waals surface area contributed by atoms with E-state index in [1.807, 2.05) is 37.3 Å². The second-order valence-electron chi connectivity index (χ2n) is 6.38. The van der Waals surface area contributed by atoms with Crippen LogP contribution in [0.2, 0.25) is 0 Å². The molecule has 0 radical (unpaired) electrons. The van der Waals surface area contributed by atoms with Gasteiger partial charge >= 0.3 is 0 Å². The predicted molar refractivity (Wildman–Crippen MR) is 101 cm³/mol. The van der Waals surface area contributed by atoms with Crippen LogP contribution in [-0.4, -0.2) is 5.78 Å². The largest absolute Gasteiger partial charge is 0.292 e. The monoisotopic (exact) mass is 329 g/mol. The Hall–Kier alpha value is -2.84. The summed E-state index contributed by atoms with van der Waals surface area (Å²) in [5.74, 6) is 6.25. The van der Waals surface area contributed by atoms with E-state index >= 15 is 0 Å². The van der Waals surface area contributed by atoms with Crippen LogP contribution in [0.1, 0.15) is 54.6 Å². The topological polar surface area (TPSA) is 40.9 Å². The Bertz CT molecular complexity index is 803. The van der Waals surface area contributed by atoms with Crippen molar-refractivity contribution in [3.05, 3.63) is 71.3 Å². The quantitative estimate of drug-likeness (QED) is 0.541. The average molecular weight is 329 g/mol. The number of carbonyl (C=O) groups excluding carboxylic acids is 1. The molecule has 2 nitrogen and oxygen atoms in total. The number of hydrogen-bond donors (Lipinski definition) is 0. The van der Waals surface area contributed by atoms with E-state index in [0.29, 0.717) is 18.4 Å². The predicted octanol–water partition coefficient (Wildman–Crippen LogP) is 5.18. The maximum absolute atomic E-state index is 12.9. The standard InChI is InChI=1S/C23H23NO/c1-3-8-19-11-13-20(14-12-19)15-17-23(2,16-7-18-24)22(25)21-9-5-4-6-10-21/h4-6,9-14H,3,7-8,16H2,1-2H3. The molecule has 0 aliphatic rings. The molecule has 25 heavy (non-hydrogen) atoms. The number of ketones is 1. The summed E-state index contributed by atoms with van der Waals surface area (Å²) in [5, 5.41) is 8.94. The number of hydrogen-bond acceptors (Lipinski definition) is 2. The molecule has 0 aliphatic heterocycles. The highest BCUT2D eigenvalue weighted by Crippen LogP contribution is 2.27. The zero-order chi connectivity index (χ0) is 18.1. The van der Waals surface area contributed by atoms with Crippen LogP contribution in [0.15, 0.2) is 54.6 Å². The van der Waals surface area contributed by atoms with Crippen LogP contribution in [0.3, 0.4) is 0 Å². The summed E-state index contributed by atoms with van der Waals surface area (Å²) in [6.45, 7) is 3.99. The van der Waals surface area contributed by atoms with E-state index in [1.165, 1.54) is 5.56 Å². The summed E-state index contributed by atoms with van der Waals surface area (Å²) in [7, 11) is 0. The van der Waals surface area contributed by atoms with E-state index in [9.17, 15) is 4.79 Å². The highest BCUT2D eigenvalue weighted by atomic mass is 16.1. The minimum atomic E-state index is -0.862. The summed E-state index contributed by atoms with van der Waals surface area (Å²) < 4.78 is 0. The number of benzene rings is 2. The highest BCUT2D eigenvalue weighted by molar-refractivity contribution is 6.02. The fraction of sp³-hybridized carbons (Fsp3) is 0.304. The molecule has 2 rings (SSSR count). The SMILES string of the molecule is CCCc1ccc(C#CC(C)(CCC#N)C(=O)c2ccccc2)cc1. The lowest BCUT2D eigenvalue weighted by Gasteiger charge is -2.21. The van der Waals surface area contributed by atoms with E-state index in [0.717, 1.165) is 18.4 Å². The molecule has 0 spiro atoms. The zero-order valence-electron chi connectivity index (χ0n) is 14.9. The van der Waals surface area contributed by atoms with Gasteiger partial charge in [0.05, 0.1) is 11.5 Å². The first-order valence-corrected chi connectivity index (χ1v) is 8.68. The van der Waals surface area contributed by atoms with E-state index in [2.05, 4.69) is 37.0 Å². The number of aryl methyl sites for hydroxylation is 1. The van der Waals surface area contributed by atoms with E-state index in [-0.39, 0.29) is 5.78 Å². The van der Waals surface area contributed by atoms with Crippen molar-refractivity contribution in [2.24, 2.45) is 5.41 Å². The van der Waals surface area contributed by atoms with Gasteiger partial charge in [-0.2, -0.15) is 5.26 Å². The molecule has 2 aromatic rings. The molecule has 1 unspecified atom stereocenters. The molecule has 2 aromatic carbocycles. The van der Waals surface area contributed by atoms with Crippen LogP contribution in [0.25, 0.3) is 0 Å². The minimum Gasteiger partial charge on any atom is -0.292 e. The van der Waals surface area contributed by atoms with Crippen molar-refractivity contribution in [3.8, 4) is 17.9 Å². The third-order valence-electron chi connectivity index (χ3n) is 4.25. The Morgan fingerprint density at radius 3 is 2.36 bits per heavy atom.